The van der Waals surface area contributed by atoms with Crippen LogP contribution in [0.2, 0.25) is 0 Å². The Morgan fingerprint density at radius 1 is 1.38 bits per heavy atom. The van der Waals surface area contributed by atoms with E-state index in [1.165, 1.54) is 25.7 Å². The number of esters is 1. The van der Waals surface area contributed by atoms with Gasteiger partial charge in [0.25, 0.3) is 0 Å². The third-order valence-corrected chi connectivity index (χ3v) is 4.07. The van der Waals surface area contributed by atoms with E-state index in [2.05, 4.69) is 22.0 Å². The van der Waals surface area contributed by atoms with Gasteiger partial charge in [-0.15, -0.1) is 0 Å². The Morgan fingerprint density at radius 2 is 2.23 bits per heavy atom. The van der Waals surface area contributed by atoms with Gasteiger partial charge >= 0.3 is 5.97 Å². The number of allylic oxidation sites excluding steroid dienone is 4. The summed E-state index contributed by atoms with van der Waals surface area (Å²) in [6.45, 7) is 1.37. The largest absolute Gasteiger partial charge is 0.482 e. The molecule has 2 rings (SSSR count). The van der Waals surface area contributed by atoms with Gasteiger partial charge in [-0.1, -0.05) is 34.2 Å². The lowest BCUT2D eigenvalue weighted by Gasteiger charge is -2.26. The number of carbonyl (C=O) groups excluding carboxylic acids is 2. The molecule has 0 amide bonds. The van der Waals surface area contributed by atoms with Gasteiger partial charge in [-0.25, -0.2) is 0 Å². The van der Waals surface area contributed by atoms with Gasteiger partial charge < -0.3 is 18.9 Å². The SMILES string of the molecule is CC(=O)CC(=O)OC/C=C(\CBr)OC(C1=CC=CCC1)C1=COC=CO1. The van der Waals surface area contributed by atoms with E-state index < -0.39 is 12.1 Å². The monoisotopic (exact) mass is 424 g/mol. The molecule has 1 atom stereocenters. The summed E-state index contributed by atoms with van der Waals surface area (Å²) >= 11 is 3.37. The van der Waals surface area contributed by atoms with E-state index in [1.54, 1.807) is 6.08 Å². The van der Waals surface area contributed by atoms with E-state index in [0.717, 1.165) is 18.4 Å². The average Bonchev–Trinajstić information content (AvgIpc) is 2.65. The zero-order valence-corrected chi connectivity index (χ0v) is 16.1. The van der Waals surface area contributed by atoms with Crippen molar-refractivity contribution in [3.63, 3.8) is 0 Å². The van der Waals surface area contributed by atoms with E-state index in [4.69, 9.17) is 18.9 Å². The molecule has 2 aliphatic rings. The Morgan fingerprint density at radius 3 is 2.85 bits per heavy atom. The maximum atomic E-state index is 11.4. The molecule has 0 N–H and O–H groups in total. The third kappa shape index (κ3) is 6.55. The van der Waals surface area contributed by atoms with Crippen molar-refractivity contribution in [2.24, 2.45) is 0 Å². The van der Waals surface area contributed by atoms with Crippen LogP contribution in [0.1, 0.15) is 26.2 Å². The van der Waals surface area contributed by atoms with Crippen LogP contribution in [0.3, 0.4) is 0 Å². The van der Waals surface area contributed by atoms with Crippen LogP contribution in [-0.4, -0.2) is 29.8 Å². The lowest BCUT2D eigenvalue weighted by Crippen LogP contribution is -2.22. The van der Waals surface area contributed by atoms with Gasteiger partial charge in [0.05, 0.1) is 5.33 Å². The number of ether oxygens (including phenoxy) is 4. The Balaban J connectivity index is 2.04. The van der Waals surface area contributed by atoms with Gasteiger partial charge in [0.15, 0.2) is 11.9 Å². The van der Waals surface area contributed by atoms with Crippen LogP contribution >= 0.6 is 15.9 Å². The molecule has 7 heteroatoms. The van der Waals surface area contributed by atoms with Gasteiger partial charge in [-0.2, -0.15) is 0 Å². The van der Waals surface area contributed by atoms with Gasteiger partial charge in [0.1, 0.15) is 43.4 Å². The zero-order valence-electron chi connectivity index (χ0n) is 14.5. The minimum Gasteiger partial charge on any atom is -0.482 e. The fourth-order valence-electron chi connectivity index (χ4n) is 2.32. The van der Waals surface area contributed by atoms with Gasteiger partial charge in [-0.05, 0) is 31.4 Å². The number of hydrogen-bond acceptors (Lipinski definition) is 6. The van der Waals surface area contributed by atoms with Crippen molar-refractivity contribution < 1.29 is 28.5 Å². The molecule has 140 valence electrons. The number of ketones is 1. The zero-order chi connectivity index (χ0) is 18.8. The van der Waals surface area contributed by atoms with E-state index in [9.17, 15) is 9.59 Å². The molecule has 0 radical (unpaired) electrons. The van der Waals surface area contributed by atoms with Gasteiger partial charge in [0, 0.05) is 0 Å². The average molecular weight is 425 g/mol. The second kappa shape index (κ2) is 10.7. The fourth-order valence-corrected chi connectivity index (χ4v) is 2.68. The van der Waals surface area contributed by atoms with Crippen molar-refractivity contribution in [2.75, 3.05) is 11.9 Å². The molecule has 0 fully saturated rings. The summed E-state index contributed by atoms with van der Waals surface area (Å²) in [6.07, 6.45) is 13.2. The quantitative estimate of drug-likeness (QED) is 0.242. The number of carbonyl (C=O) groups is 2. The molecule has 1 heterocycles. The predicted molar refractivity (Wildman–Crippen MR) is 98.9 cm³/mol. The minimum absolute atomic E-state index is 0.0228. The van der Waals surface area contributed by atoms with Crippen molar-refractivity contribution >= 4 is 27.7 Å². The van der Waals surface area contributed by atoms with Crippen LogP contribution in [0.5, 0.6) is 0 Å². The molecule has 0 saturated carbocycles. The predicted octanol–water partition coefficient (Wildman–Crippen LogP) is 3.81. The van der Waals surface area contributed by atoms with Crippen LogP contribution in [0, 0.1) is 0 Å². The number of alkyl halides is 1. The van der Waals surface area contributed by atoms with E-state index in [-0.39, 0.29) is 18.8 Å². The summed E-state index contributed by atoms with van der Waals surface area (Å²) in [7, 11) is 0. The van der Waals surface area contributed by atoms with Crippen molar-refractivity contribution in [1.82, 2.24) is 0 Å². The molecule has 0 saturated heterocycles. The molecule has 0 aromatic rings. The molecule has 0 aromatic carbocycles. The summed E-state index contributed by atoms with van der Waals surface area (Å²) in [5, 5.41) is 0.431. The van der Waals surface area contributed by atoms with Crippen LogP contribution < -0.4 is 0 Å². The van der Waals surface area contributed by atoms with E-state index in [0.29, 0.717) is 16.8 Å². The van der Waals surface area contributed by atoms with Crippen molar-refractivity contribution in [3.05, 3.63) is 60.2 Å². The highest BCUT2D eigenvalue weighted by atomic mass is 79.9. The number of halogens is 1. The number of hydrogen-bond donors (Lipinski definition) is 0. The summed E-state index contributed by atoms with van der Waals surface area (Å²) in [5.74, 6) is 0.327. The lowest BCUT2D eigenvalue weighted by molar-refractivity contribution is -0.144. The summed E-state index contributed by atoms with van der Waals surface area (Å²) < 4.78 is 21.8. The van der Waals surface area contributed by atoms with E-state index >= 15 is 0 Å². The lowest BCUT2D eigenvalue weighted by atomic mass is 9.98. The van der Waals surface area contributed by atoms with Crippen LogP contribution in [0.4, 0.5) is 0 Å². The molecular formula is C19H21BrO6. The Hall–Kier alpha value is -2.28. The molecule has 1 aliphatic carbocycles. The summed E-state index contributed by atoms with van der Waals surface area (Å²) in [5.41, 5.74) is 1.05. The first-order chi connectivity index (χ1) is 12.6. The number of rotatable bonds is 9. The molecule has 0 aromatic heterocycles. The van der Waals surface area contributed by atoms with Gasteiger partial charge in [0.2, 0.25) is 0 Å². The highest BCUT2D eigenvalue weighted by Crippen LogP contribution is 2.28. The smallest absolute Gasteiger partial charge is 0.313 e. The van der Waals surface area contributed by atoms with Crippen molar-refractivity contribution in [2.45, 2.75) is 32.3 Å². The van der Waals surface area contributed by atoms with Crippen molar-refractivity contribution in [3.8, 4) is 0 Å². The normalized spacial score (nSPS) is 17.4. The molecule has 6 nitrogen and oxygen atoms in total. The first-order valence-electron chi connectivity index (χ1n) is 8.19. The molecule has 1 aliphatic heterocycles. The summed E-state index contributed by atoms with van der Waals surface area (Å²) in [6, 6.07) is 0. The Labute approximate surface area is 160 Å². The highest BCUT2D eigenvalue weighted by Gasteiger charge is 2.25. The first kappa shape index (κ1) is 20.0. The van der Waals surface area contributed by atoms with Crippen LogP contribution in [-0.2, 0) is 28.5 Å². The second-order valence-corrected chi connectivity index (χ2v) is 6.18. The number of Topliss-reactive ketones (excluding diaryl/α,β-unsaturated/α-hetero) is 1. The molecule has 26 heavy (non-hydrogen) atoms. The van der Waals surface area contributed by atoms with E-state index in [1.807, 2.05) is 12.2 Å². The van der Waals surface area contributed by atoms with Gasteiger partial charge in [-0.3, -0.25) is 9.59 Å². The first-order valence-corrected chi connectivity index (χ1v) is 9.31. The summed E-state index contributed by atoms with van der Waals surface area (Å²) in [4.78, 5) is 22.4. The van der Waals surface area contributed by atoms with Crippen LogP contribution in [0.15, 0.2) is 60.2 Å². The minimum atomic E-state index is -0.559. The molecule has 0 spiro atoms. The molecular weight excluding hydrogens is 404 g/mol. The Kier molecular flexibility index (Phi) is 8.21. The highest BCUT2D eigenvalue weighted by molar-refractivity contribution is 9.09. The van der Waals surface area contributed by atoms with Crippen molar-refractivity contribution in [1.29, 1.82) is 0 Å². The topological polar surface area (TPSA) is 71.1 Å². The second-order valence-electron chi connectivity index (χ2n) is 5.62. The molecule has 0 bridgehead atoms. The van der Waals surface area contributed by atoms with Crippen LogP contribution in [0.25, 0.3) is 0 Å². The third-order valence-electron chi connectivity index (χ3n) is 3.51. The standard InChI is InChI=1S/C19H21BrO6/c1-14(21)11-18(22)25-8-7-16(12-20)26-19(15-5-3-2-4-6-15)17-13-23-9-10-24-17/h2-3,5,7,9-10,13,19H,4,6,8,11-12H2,1H3/b16-7+. The maximum Gasteiger partial charge on any atom is 0.313 e. The fraction of sp³-hybridized carbons (Fsp3) is 0.368. The maximum absolute atomic E-state index is 11.4. The molecule has 1 unspecified atom stereocenters. The Bertz CT molecular complexity index is 672.